The van der Waals surface area contributed by atoms with Gasteiger partial charge in [0.05, 0.1) is 5.92 Å². The van der Waals surface area contributed by atoms with Gasteiger partial charge in [-0.3, -0.25) is 9.69 Å². The molecule has 1 atom stereocenters. The highest BCUT2D eigenvalue weighted by Gasteiger charge is 2.34. The van der Waals surface area contributed by atoms with E-state index in [-0.39, 0.29) is 11.8 Å². The molecule has 5 heteroatoms. The molecule has 2 rings (SSSR count). The Morgan fingerprint density at radius 2 is 2.32 bits per heavy atom. The number of likely N-dealkylation sites (tertiary alicyclic amines) is 1. The van der Waals surface area contributed by atoms with E-state index >= 15 is 0 Å². The maximum absolute atomic E-state index is 10.8. The maximum Gasteiger partial charge on any atom is 0.306 e. The predicted octanol–water partition coefficient (Wildman–Crippen LogP) is 2.37. The number of rotatable bonds is 6. The normalized spacial score (nSPS) is 17.8. The number of nitrogens with zero attached hydrogens (tertiary/aromatic N) is 1. The molecule has 1 aliphatic rings. The van der Waals surface area contributed by atoms with Crippen LogP contribution in [0.2, 0.25) is 5.02 Å². The molecule has 1 N–H and O–H groups in total. The molecule has 1 saturated heterocycles. The second-order valence-corrected chi connectivity index (χ2v) is 5.39. The van der Waals surface area contributed by atoms with Crippen molar-refractivity contribution in [2.24, 2.45) is 11.8 Å². The Bertz CT molecular complexity index is 446. The Kier molecular flexibility index (Phi) is 4.66. The Morgan fingerprint density at radius 3 is 2.95 bits per heavy atom. The Morgan fingerprint density at radius 1 is 1.58 bits per heavy atom. The van der Waals surface area contributed by atoms with Crippen LogP contribution in [0.3, 0.4) is 0 Å². The number of halogens is 1. The summed E-state index contributed by atoms with van der Waals surface area (Å²) in [6, 6.07) is 7.32. The molecule has 0 spiro atoms. The van der Waals surface area contributed by atoms with Crippen molar-refractivity contribution >= 4 is 17.6 Å². The average Bonchev–Trinajstić information content (AvgIpc) is 2.31. The fourth-order valence-corrected chi connectivity index (χ4v) is 2.34. The predicted molar refractivity (Wildman–Crippen MR) is 73.7 cm³/mol. The Labute approximate surface area is 117 Å². The van der Waals surface area contributed by atoms with Gasteiger partial charge in [-0.2, -0.15) is 0 Å². The molecule has 0 aromatic heterocycles. The fraction of sp³-hybridized carbons (Fsp3) is 0.500. The molecule has 0 saturated carbocycles. The van der Waals surface area contributed by atoms with Crippen molar-refractivity contribution in [1.29, 1.82) is 0 Å². The molecule has 1 unspecified atom stereocenters. The van der Waals surface area contributed by atoms with Crippen molar-refractivity contribution in [1.82, 2.24) is 4.90 Å². The van der Waals surface area contributed by atoms with Gasteiger partial charge in [0.1, 0.15) is 12.4 Å². The van der Waals surface area contributed by atoms with E-state index in [1.165, 1.54) is 0 Å². The van der Waals surface area contributed by atoms with Crippen molar-refractivity contribution in [3.8, 4) is 5.75 Å². The monoisotopic (exact) mass is 283 g/mol. The lowest BCUT2D eigenvalue weighted by Crippen LogP contribution is -2.52. The molecular formula is C14H18ClNO3. The number of benzene rings is 1. The van der Waals surface area contributed by atoms with E-state index in [1.807, 2.05) is 18.2 Å². The van der Waals surface area contributed by atoms with Crippen LogP contribution in [0.4, 0.5) is 0 Å². The first-order chi connectivity index (χ1) is 9.06. The molecule has 1 fully saturated rings. The number of hydrogen-bond donors (Lipinski definition) is 1. The first kappa shape index (κ1) is 14.2. The molecule has 104 valence electrons. The minimum absolute atomic E-state index is 0.259. The van der Waals surface area contributed by atoms with Crippen molar-refractivity contribution in [2.75, 3.05) is 26.2 Å². The highest BCUT2D eigenvalue weighted by molar-refractivity contribution is 6.30. The summed E-state index contributed by atoms with van der Waals surface area (Å²) in [5.74, 6) is 0.0667. The summed E-state index contributed by atoms with van der Waals surface area (Å²) in [4.78, 5) is 13.0. The zero-order chi connectivity index (χ0) is 13.8. The summed E-state index contributed by atoms with van der Waals surface area (Å²) in [6.45, 7) is 4.86. The van der Waals surface area contributed by atoms with Gasteiger partial charge < -0.3 is 9.84 Å². The molecule has 1 aliphatic heterocycles. The van der Waals surface area contributed by atoms with Gasteiger partial charge in [-0.1, -0.05) is 24.6 Å². The minimum Gasteiger partial charge on any atom is -0.492 e. The first-order valence-electron chi connectivity index (χ1n) is 6.40. The topological polar surface area (TPSA) is 49.8 Å². The molecule has 1 aromatic carbocycles. The third-order valence-corrected chi connectivity index (χ3v) is 3.79. The molecule has 0 amide bonds. The van der Waals surface area contributed by atoms with Gasteiger partial charge in [0, 0.05) is 24.7 Å². The van der Waals surface area contributed by atoms with Gasteiger partial charge in [-0.15, -0.1) is 0 Å². The average molecular weight is 284 g/mol. The molecule has 0 aliphatic carbocycles. The number of hydrogen-bond acceptors (Lipinski definition) is 3. The van der Waals surface area contributed by atoms with Gasteiger partial charge in [0.25, 0.3) is 0 Å². The van der Waals surface area contributed by atoms with Gasteiger partial charge in [0.2, 0.25) is 0 Å². The van der Waals surface area contributed by atoms with E-state index in [2.05, 4.69) is 4.90 Å². The van der Waals surface area contributed by atoms with Gasteiger partial charge in [-0.25, -0.2) is 0 Å². The summed E-state index contributed by atoms with van der Waals surface area (Å²) < 4.78 is 5.59. The lowest BCUT2D eigenvalue weighted by Gasteiger charge is -2.41. The Hall–Kier alpha value is -1.26. The molecule has 0 radical (unpaired) electrons. The summed E-state index contributed by atoms with van der Waals surface area (Å²) in [5.41, 5.74) is 0. The number of carbonyl (C=O) groups is 1. The van der Waals surface area contributed by atoms with Crippen LogP contribution >= 0.6 is 11.6 Å². The zero-order valence-corrected chi connectivity index (χ0v) is 11.6. The number of ether oxygens (including phenoxy) is 1. The quantitative estimate of drug-likeness (QED) is 0.871. The van der Waals surface area contributed by atoms with E-state index in [9.17, 15) is 4.79 Å². The summed E-state index contributed by atoms with van der Waals surface area (Å²) in [5, 5.41) is 9.56. The summed E-state index contributed by atoms with van der Waals surface area (Å²) in [7, 11) is 0. The van der Waals surface area contributed by atoms with Crippen LogP contribution in [-0.4, -0.2) is 42.2 Å². The van der Waals surface area contributed by atoms with Crippen molar-refractivity contribution in [3.05, 3.63) is 29.3 Å². The SMILES string of the molecule is CC(C(=O)O)C1CN(CCOc2cccc(Cl)c2)C1. The standard InChI is InChI=1S/C14H18ClNO3/c1-10(14(17)18)11-8-16(9-11)5-6-19-13-4-2-3-12(15)7-13/h2-4,7,10-11H,5-6,8-9H2,1H3,(H,17,18). The summed E-state index contributed by atoms with van der Waals surface area (Å²) >= 11 is 5.86. The van der Waals surface area contributed by atoms with Crippen LogP contribution in [-0.2, 0) is 4.79 Å². The van der Waals surface area contributed by atoms with Crippen LogP contribution in [0.1, 0.15) is 6.92 Å². The Balaban J connectivity index is 1.65. The van der Waals surface area contributed by atoms with E-state index in [1.54, 1.807) is 13.0 Å². The fourth-order valence-electron chi connectivity index (χ4n) is 2.16. The van der Waals surface area contributed by atoms with Crippen LogP contribution in [0.5, 0.6) is 5.75 Å². The highest BCUT2D eigenvalue weighted by Crippen LogP contribution is 2.23. The van der Waals surface area contributed by atoms with Crippen molar-refractivity contribution in [2.45, 2.75) is 6.92 Å². The van der Waals surface area contributed by atoms with Crippen molar-refractivity contribution < 1.29 is 14.6 Å². The molecular weight excluding hydrogens is 266 g/mol. The van der Waals surface area contributed by atoms with E-state index in [0.29, 0.717) is 11.6 Å². The van der Waals surface area contributed by atoms with Crippen LogP contribution in [0, 0.1) is 11.8 Å². The summed E-state index contributed by atoms with van der Waals surface area (Å²) in [6.07, 6.45) is 0. The second kappa shape index (κ2) is 6.26. The first-order valence-corrected chi connectivity index (χ1v) is 6.77. The largest absolute Gasteiger partial charge is 0.492 e. The maximum atomic E-state index is 10.8. The number of carboxylic acid groups (broad SMARTS) is 1. The van der Waals surface area contributed by atoms with Gasteiger partial charge in [-0.05, 0) is 24.1 Å². The molecule has 1 heterocycles. The van der Waals surface area contributed by atoms with Crippen molar-refractivity contribution in [3.63, 3.8) is 0 Å². The lowest BCUT2D eigenvalue weighted by atomic mass is 9.87. The third-order valence-electron chi connectivity index (χ3n) is 3.55. The molecule has 0 bridgehead atoms. The number of aliphatic carboxylic acids is 1. The van der Waals surface area contributed by atoms with Crippen LogP contribution in [0.25, 0.3) is 0 Å². The van der Waals surface area contributed by atoms with Gasteiger partial charge >= 0.3 is 5.97 Å². The van der Waals surface area contributed by atoms with Crippen LogP contribution < -0.4 is 4.74 Å². The van der Waals surface area contributed by atoms with Crippen LogP contribution in [0.15, 0.2) is 24.3 Å². The highest BCUT2D eigenvalue weighted by atomic mass is 35.5. The van der Waals surface area contributed by atoms with E-state index < -0.39 is 5.97 Å². The number of carboxylic acids is 1. The van der Waals surface area contributed by atoms with E-state index in [0.717, 1.165) is 25.4 Å². The molecule has 19 heavy (non-hydrogen) atoms. The third kappa shape index (κ3) is 3.85. The second-order valence-electron chi connectivity index (χ2n) is 4.95. The van der Waals surface area contributed by atoms with Gasteiger partial charge in [0.15, 0.2) is 0 Å². The smallest absolute Gasteiger partial charge is 0.306 e. The molecule has 1 aromatic rings. The molecule has 4 nitrogen and oxygen atoms in total. The van der Waals surface area contributed by atoms with E-state index in [4.69, 9.17) is 21.4 Å². The zero-order valence-electron chi connectivity index (χ0n) is 10.9. The minimum atomic E-state index is -0.708. The lowest BCUT2D eigenvalue weighted by molar-refractivity contribution is -0.145.